The predicted octanol–water partition coefficient (Wildman–Crippen LogP) is 5.30. The van der Waals surface area contributed by atoms with Gasteiger partial charge in [-0.25, -0.2) is 9.78 Å². The average Bonchev–Trinajstić information content (AvgIpc) is 3.61. The second-order valence-electron chi connectivity index (χ2n) is 14.7. The molecule has 2 fully saturated rings. The van der Waals surface area contributed by atoms with E-state index in [1.807, 2.05) is 81.1 Å². The summed E-state index contributed by atoms with van der Waals surface area (Å²) in [7, 11) is 4.78. The molecule has 0 radical (unpaired) electrons. The van der Waals surface area contributed by atoms with Gasteiger partial charge in [-0.15, -0.1) is 15.0 Å². The third-order valence-corrected chi connectivity index (χ3v) is 10.0. The molecular formula is C40H51N7O7. The maximum absolute atomic E-state index is 15.2. The van der Waals surface area contributed by atoms with Gasteiger partial charge >= 0.3 is 6.09 Å². The molecule has 4 atom stereocenters. The van der Waals surface area contributed by atoms with Crippen LogP contribution in [0.2, 0.25) is 0 Å². The molecule has 0 spiro atoms. The molecule has 1 saturated carbocycles. The molecule has 288 valence electrons. The Bertz CT molecular complexity index is 1840. The number of ether oxygens (including phenoxy) is 4. The number of aromatic nitrogens is 4. The number of amides is 1. The SMILES string of the molecule is CCC(O)C(C(=O)c1nn(-c2ccnc(OC)c2)nc1N(Cc1ccc(OC)cc1)Cc1ccc(OC)cc1)N1CCN(C(=O)OC(C)(C)C)[C@H]2CC[C@@H]21. The lowest BCUT2D eigenvalue weighted by molar-refractivity contribution is -0.0784. The van der Waals surface area contributed by atoms with Crippen LogP contribution in [0.3, 0.4) is 0 Å². The maximum Gasteiger partial charge on any atom is 0.410 e. The van der Waals surface area contributed by atoms with E-state index in [1.54, 1.807) is 37.4 Å². The molecule has 1 saturated heterocycles. The minimum atomic E-state index is -0.998. The normalized spacial score (nSPS) is 18.2. The van der Waals surface area contributed by atoms with Gasteiger partial charge in [-0.05, 0) is 81.5 Å². The summed E-state index contributed by atoms with van der Waals surface area (Å²) in [5, 5.41) is 21.5. The third kappa shape index (κ3) is 8.44. The number of ketones is 1. The number of benzene rings is 2. The van der Waals surface area contributed by atoms with Crippen LogP contribution in [0.4, 0.5) is 10.6 Å². The highest BCUT2D eigenvalue weighted by molar-refractivity contribution is 6.02. The van der Waals surface area contributed by atoms with E-state index in [2.05, 4.69) is 9.88 Å². The van der Waals surface area contributed by atoms with Crippen LogP contribution < -0.4 is 19.1 Å². The zero-order valence-electron chi connectivity index (χ0n) is 32.1. The van der Waals surface area contributed by atoms with Gasteiger partial charge in [-0.1, -0.05) is 31.2 Å². The monoisotopic (exact) mass is 741 g/mol. The van der Waals surface area contributed by atoms with E-state index in [0.717, 1.165) is 35.5 Å². The molecule has 2 unspecified atom stereocenters. The van der Waals surface area contributed by atoms with Gasteiger partial charge in [0.15, 0.2) is 11.5 Å². The second-order valence-corrected chi connectivity index (χ2v) is 14.7. The first-order valence-corrected chi connectivity index (χ1v) is 18.4. The highest BCUT2D eigenvalue weighted by Gasteiger charge is 2.51. The second kappa shape index (κ2) is 16.4. The molecular weight excluding hydrogens is 690 g/mol. The van der Waals surface area contributed by atoms with Crippen LogP contribution in [0.15, 0.2) is 66.9 Å². The molecule has 1 amide bonds. The van der Waals surface area contributed by atoms with Crippen molar-refractivity contribution in [1.82, 2.24) is 29.8 Å². The Hall–Kier alpha value is -5.21. The van der Waals surface area contributed by atoms with Crippen LogP contribution in [0.25, 0.3) is 5.69 Å². The van der Waals surface area contributed by atoms with Gasteiger partial charge in [0.2, 0.25) is 11.7 Å². The standard InChI is InChI=1S/C40H51N7O7/c1-8-33(48)36(45-21-22-46(32-18-17-31(32)45)39(50)54-40(2,3)4)37(49)35-38(43-47(42-35)28-19-20-41-34(23-28)53-7)44(24-26-9-13-29(51-5)14-10-26)25-27-11-15-30(52-6)16-12-27/h9-16,19-20,23,31-33,36,48H,8,17-18,21-22,24-25H2,1-7H3/t31-,32-,33?,36?/m0/s1. The van der Waals surface area contributed by atoms with Crippen LogP contribution in [0, 0.1) is 0 Å². The smallest absolute Gasteiger partial charge is 0.410 e. The van der Waals surface area contributed by atoms with Crippen LogP contribution in [-0.2, 0) is 17.8 Å². The first kappa shape index (κ1) is 38.5. The number of aliphatic hydroxyl groups is 1. The minimum absolute atomic E-state index is 0.121. The molecule has 14 nitrogen and oxygen atoms in total. The van der Waals surface area contributed by atoms with Gasteiger partial charge in [-0.2, -0.15) is 0 Å². The summed E-state index contributed by atoms with van der Waals surface area (Å²) in [6, 6.07) is 17.7. The number of Topliss-reactive ketones (excluding diaryl/α,β-unsaturated/α-hetero) is 1. The van der Waals surface area contributed by atoms with E-state index in [0.29, 0.717) is 50.0 Å². The van der Waals surface area contributed by atoms with Crippen LogP contribution in [0.5, 0.6) is 17.4 Å². The van der Waals surface area contributed by atoms with E-state index >= 15 is 4.79 Å². The first-order valence-electron chi connectivity index (χ1n) is 18.4. The van der Waals surface area contributed by atoms with Crippen molar-refractivity contribution in [2.45, 2.75) is 89.9 Å². The lowest BCUT2D eigenvalue weighted by Gasteiger charge is -2.55. The molecule has 3 heterocycles. The molecule has 1 aliphatic heterocycles. The highest BCUT2D eigenvalue weighted by atomic mass is 16.6. The summed E-state index contributed by atoms with van der Waals surface area (Å²) in [5.74, 6) is 1.83. The van der Waals surface area contributed by atoms with Crippen molar-refractivity contribution in [3.63, 3.8) is 0 Å². The van der Waals surface area contributed by atoms with Crippen molar-refractivity contribution >= 4 is 17.7 Å². The third-order valence-electron chi connectivity index (χ3n) is 10.0. The molecule has 2 aromatic heterocycles. The molecule has 1 aliphatic carbocycles. The largest absolute Gasteiger partial charge is 0.497 e. The Morgan fingerprint density at radius 2 is 1.48 bits per heavy atom. The van der Waals surface area contributed by atoms with E-state index in [4.69, 9.17) is 29.1 Å². The number of pyridine rings is 1. The topological polar surface area (TPSA) is 145 Å². The fourth-order valence-electron chi connectivity index (χ4n) is 7.10. The fourth-order valence-corrected chi connectivity index (χ4v) is 7.10. The van der Waals surface area contributed by atoms with Gasteiger partial charge < -0.3 is 33.9 Å². The predicted molar refractivity (Wildman–Crippen MR) is 202 cm³/mol. The number of hydrogen-bond acceptors (Lipinski definition) is 12. The van der Waals surface area contributed by atoms with Crippen molar-refractivity contribution in [2.24, 2.45) is 0 Å². The van der Waals surface area contributed by atoms with E-state index in [-0.39, 0.29) is 29.7 Å². The number of hydrogen-bond donors (Lipinski definition) is 1. The zero-order valence-corrected chi connectivity index (χ0v) is 32.1. The minimum Gasteiger partial charge on any atom is -0.497 e. The number of methoxy groups -OCH3 is 3. The fraction of sp³-hybridized carbons (Fsp3) is 0.475. The summed E-state index contributed by atoms with van der Waals surface area (Å²) >= 11 is 0. The average molecular weight is 742 g/mol. The highest BCUT2D eigenvalue weighted by Crippen LogP contribution is 2.38. The Balaban J connectivity index is 1.42. The Morgan fingerprint density at radius 1 is 0.870 bits per heavy atom. The molecule has 4 aromatic rings. The number of fused-ring (bicyclic) bond motifs is 1. The van der Waals surface area contributed by atoms with Gasteiger partial charge in [0.05, 0.1) is 39.2 Å². The number of nitrogens with zero attached hydrogens (tertiary/aromatic N) is 7. The molecule has 1 N–H and O–H groups in total. The maximum atomic E-state index is 15.2. The van der Waals surface area contributed by atoms with E-state index < -0.39 is 17.7 Å². The Kier molecular flexibility index (Phi) is 11.7. The van der Waals surface area contributed by atoms with Crippen LogP contribution in [0.1, 0.15) is 68.6 Å². The molecule has 14 heteroatoms. The molecule has 0 bridgehead atoms. The van der Waals surface area contributed by atoms with E-state index in [9.17, 15) is 9.90 Å². The lowest BCUT2D eigenvalue weighted by Crippen LogP contribution is -2.70. The molecule has 2 aromatic carbocycles. The van der Waals surface area contributed by atoms with Crippen molar-refractivity contribution in [3.05, 3.63) is 83.7 Å². The van der Waals surface area contributed by atoms with Gasteiger partial charge in [-0.3, -0.25) is 9.69 Å². The zero-order chi connectivity index (χ0) is 38.6. The summed E-state index contributed by atoms with van der Waals surface area (Å²) in [4.78, 5) is 39.9. The van der Waals surface area contributed by atoms with Gasteiger partial charge in [0.25, 0.3) is 0 Å². The Labute approximate surface area is 316 Å². The number of aliphatic hydroxyl groups excluding tert-OH is 1. The van der Waals surface area contributed by atoms with Crippen LogP contribution >= 0.6 is 0 Å². The number of rotatable bonds is 14. The van der Waals surface area contributed by atoms with Crippen LogP contribution in [-0.4, -0.2) is 111 Å². The number of carbonyl (C=O) groups is 2. The van der Waals surface area contributed by atoms with E-state index in [1.165, 1.54) is 11.9 Å². The molecule has 6 rings (SSSR count). The number of carbonyl (C=O) groups excluding carboxylic acids is 2. The quantitative estimate of drug-likeness (QED) is 0.168. The number of piperazine rings is 1. The lowest BCUT2D eigenvalue weighted by atomic mass is 9.80. The van der Waals surface area contributed by atoms with Crippen molar-refractivity contribution < 1.29 is 33.6 Å². The van der Waals surface area contributed by atoms with Crippen molar-refractivity contribution in [3.8, 4) is 23.1 Å². The number of anilines is 1. The Morgan fingerprint density at radius 3 is 2.00 bits per heavy atom. The summed E-state index contributed by atoms with van der Waals surface area (Å²) < 4.78 is 21.9. The van der Waals surface area contributed by atoms with Gasteiger partial charge in [0, 0.05) is 44.5 Å². The van der Waals surface area contributed by atoms with Crippen molar-refractivity contribution in [2.75, 3.05) is 39.3 Å². The summed E-state index contributed by atoms with van der Waals surface area (Å²) in [5.41, 5.74) is 1.96. The summed E-state index contributed by atoms with van der Waals surface area (Å²) in [6.07, 6.45) is 2.14. The van der Waals surface area contributed by atoms with Crippen molar-refractivity contribution in [1.29, 1.82) is 0 Å². The summed E-state index contributed by atoms with van der Waals surface area (Å²) in [6.45, 7) is 8.94. The first-order chi connectivity index (χ1) is 25.9. The molecule has 2 aliphatic rings. The van der Waals surface area contributed by atoms with Gasteiger partial charge in [0.1, 0.15) is 23.1 Å². The molecule has 54 heavy (non-hydrogen) atoms.